The lowest BCUT2D eigenvalue weighted by molar-refractivity contribution is 0.619. The highest BCUT2D eigenvalue weighted by Crippen LogP contribution is 2.18. The first-order valence-corrected chi connectivity index (χ1v) is 5.48. The van der Waals surface area contributed by atoms with Crippen molar-refractivity contribution in [2.45, 2.75) is 32.7 Å². The summed E-state index contributed by atoms with van der Waals surface area (Å²) in [5.74, 6) is 0. The minimum absolute atomic E-state index is 0.487. The summed E-state index contributed by atoms with van der Waals surface area (Å²) < 4.78 is 0. The van der Waals surface area contributed by atoms with Crippen molar-refractivity contribution >= 4 is 5.69 Å². The molecule has 0 aliphatic rings. The van der Waals surface area contributed by atoms with Gasteiger partial charge in [-0.05, 0) is 25.5 Å². The molecule has 0 amide bonds. The van der Waals surface area contributed by atoms with Gasteiger partial charge in [-0.15, -0.1) is 0 Å². The number of nitriles is 1. The van der Waals surface area contributed by atoms with Crippen molar-refractivity contribution < 1.29 is 0 Å². The standard InChI is InChI=1S/C13H18N2/c1-3-12(2)15(11-7-10-14)13-8-5-4-6-9-13/h4-6,8-9,12H,3,7,11H2,1-2H3. The Balaban J connectivity index is 2.77. The Hall–Kier alpha value is -1.49. The number of hydrogen-bond acceptors (Lipinski definition) is 2. The van der Waals surface area contributed by atoms with E-state index in [2.05, 4.69) is 36.9 Å². The Morgan fingerprint density at radius 2 is 2.00 bits per heavy atom. The molecule has 0 bridgehead atoms. The molecular formula is C13H18N2. The predicted molar refractivity (Wildman–Crippen MR) is 63.8 cm³/mol. The number of para-hydroxylation sites is 1. The lowest BCUT2D eigenvalue weighted by Gasteiger charge is -2.30. The van der Waals surface area contributed by atoms with Gasteiger partial charge < -0.3 is 4.90 Å². The summed E-state index contributed by atoms with van der Waals surface area (Å²) in [5.41, 5.74) is 1.21. The van der Waals surface area contributed by atoms with Gasteiger partial charge >= 0.3 is 0 Å². The molecule has 0 saturated heterocycles. The molecule has 1 unspecified atom stereocenters. The van der Waals surface area contributed by atoms with Crippen LogP contribution >= 0.6 is 0 Å². The zero-order valence-electron chi connectivity index (χ0n) is 9.48. The normalized spacial score (nSPS) is 11.8. The van der Waals surface area contributed by atoms with E-state index in [1.54, 1.807) is 0 Å². The fraction of sp³-hybridized carbons (Fsp3) is 0.462. The minimum Gasteiger partial charge on any atom is -0.368 e. The molecule has 0 aromatic heterocycles. The van der Waals surface area contributed by atoms with Crippen molar-refractivity contribution in [2.24, 2.45) is 0 Å². The van der Waals surface area contributed by atoms with Crippen molar-refractivity contribution in [1.29, 1.82) is 5.26 Å². The van der Waals surface area contributed by atoms with Gasteiger partial charge in [0.15, 0.2) is 0 Å². The quantitative estimate of drug-likeness (QED) is 0.733. The highest BCUT2D eigenvalue weighted by atomic mass is 15.2. The number of benzene rings is 1. The molecule has 0 aliphatic carbocycles. The monoisotopic (exact) mass is 202 g/mol. The topological polar surface area (TPSA) is 27.0 Å². The van der Waals surface area contributed by atoms with Crippen LogP contribution in [-0.2, 0) is 0 Å². The summed E-state index contributed by atoms with van der Waals surface area (Å²) in [6.45, 7) is 5.19. The Kier molecular flexibility index (Phi) is 4.70. The second kappa shape index (κ2) is 6.08. The second-order valence-corrected chi connectivity index (χ2v) is 3.69. The van der Waals surface area contributed by atoms with Crippen LogP contribution in [0.15, 0.2) is 30.3 Å². The maximum atomic E-state index is 8.64. The molecule has 0 aliphatic heterocycles. The van der Waals surface area contributed by atoms with Crippen LogP contribution in [0.1, 0.15) is 26.7 Å². The molecule has 1 rings (SSSR count). The van der Waals surface area contributed by atoms with E-state index in [-0.39, 0.29) is 0 Å². The molecule has 2 heteroatoms. The third-order valence-electron chi connectivity index (χ3n) is 2.68. The Morgan fingerprint density at radius 1 is 1.33 bits per heavy atom. The van der Waals surface area contributed by atoms with Crippen LogP contribution < -0.4 is 4.90 Å². The first kappa shape index (κ1) is 11.6. The summed E-state index contributed by atoms with van der Waals surface area (Å²) >= 11 is 0. The van der Waals surface area contributed by atoms with Crippen molar-refractivity contribution in [1.82, 2.24) is 0 Å². The van der Waals surface area contributed by atoms with Gasteiger partial charge in [0, 0.05) is 18.3 Å². The van der Waals surface area contributed by atoms with Crippen LogP contribution in [-0.4, -0.2) is 12.6 Å². The Morgan fingerprint density at radius 3 is 2.53 bits per heavy atom. The molecular weight excluding hydrogens is 184 g/mol. The molecule has 1 aromatic carbocycles. The van der Waals surface area contributed by atoms with E-state index < -0.39 is 0 Å². The zero-order chi connectivity index (χ0) is 11.1. The first-order chi connectivity index (χ1) is 7.29. The van der Waals surface area contributed by atoms with Crippen molar-refractivity contribution in [3.8, 4) is 6.07 Å². The first-order valence-electron chi connectivity index (χ1n) is 5.48. The summed E-state index contributed by atoms with van der Waals surface area (Å²) in [7, 11) is 0. The smallest absolute Gasteiger partial charge is 0.0640 e. The van der Waals surface area contributed by atoms with Crippen molar-refractivity contribution in [3.63, 3.8) is 0 Å². The van der Waals surface area contributed by atoms with E-state index in [1.165, 1.54) is 5.69 Å². The van der Waals surface area contributed by atoms with Crippen LogP contribution in [0.2, 0.25) is 0 Å². The van der Waals surface area contributed by atoms with Gasteiger partial charge in [0.1, 0.15) is 0 Å². The number of rotatable bonds is 5. The van der Waals surface area contributed by atoms with Gasteiger partial charge in [0.05, 0.1) is 12.5 Å². The van der Waals surface area contributed by atoms with Gasteiger partial charge in [-0.1, -0.05) is 25.1 Å². The molecule has 0 radical (unpaired) electrons. The molecule has 0 N–H and O–H groups in total. The van der Waals surface area contributed by atoms with Crippen LogP contribution in [0, 0.1) is 11.3 Å². The van der Waals surface area contributed by atoms with Crippen molar-refractivity contribution in [2.75, 3.05) is 11.4 Å². The van der Waals surface area contributed by atoms with E-state index in [1.807, 2.05) is 18.2 Å². The highest BCUT2D eigenvalue weighted by Gasteiger charge is 2.11. The van der Waals surface area contributed by atoms with Gasteiger partial charge in [-0.2, -0.15) is 5.26 Å². The van der Waals surface area contributed by atoms with E-state index in [4.69, 9.17) is 5.26 Å². The summed E-state index contributed by atoms with van der Waals surface area (Å²) in [6.07, 6.45) is 1.68. The number of hydrogen-bond donors (Lipinski definition) is 0. The minimum atomic E-state index is 0.487. The van der Waals surface area contributed by atoms with Gasteiger partial charge in [0.2, 0.25) is 0 Å². The average molecular weight is 202 g/mol. The molecule has 15 heavy (non-hydrogen) atoms. The highest BCUT2D eigenvalue weighted by molar-refractivity contribution is 5.46. The van der Waals surface area contributed by atoms with Gasteiger partial charge in [-0.3, -0.25) is 0 Å². The lowest BCUT2D eigenvalue weighted by atomic mass is 10.1. The largest absolute Gasteiger partial charge is 0.368 e. The molecule has 1 aromatic rings. The average Bonchev–Trinajstić information content (AvgIpc) is 2.30. The molecule has 0 fully saturated rings. The molecule has 80 valence electrons. The van der Waals surface area contributed by atoms with E-state index in [0.29, 0.717) is 12.5 Å². The lowest BCUT2D eigenvalue weighted by Crippen LogP contribution is -2.33. The van der Waals surface area contributed by atoms with E-state index >= 15 is 0 Å². The summed E-state index contributed by atoms with van der Waals surface area (Å²) in [6, 6.07) is 13.0. The molecule has 0 saturated carbocycles. The van der Waals surface area contributed by atoms with Crippen LogP contribution in [0.4, 0.5) is 5.69 Å². The Labute approximate surface area is 92.1 Å². The maximum Gasteiger partial charge on any atom is 0.0640 e. The summed E-state index contributed by atoms with van der Waals surface area (Å²) in [4.78, 5) is 2.29. The van der Waals surface area contributed by atoms with Gasteiger partial charge in [-0.25, -0.2) is 0 Å². The number of anilines is 1. The van der Waals surface area contributed by atoms with Crippen LogP contribution in [0.25, 0.3) is 0 Å². The van der Waals surface area contributed by atoms with Crippen LogP contribution in [0.3, 0.4) is 0 Å². The third-order valence-corrected chi connectivity index (χ3v) is 2.68. The fourth-order valence-electron chi connectivity index (χ4n) is 1.61. The number of nitrogens with zero attached hydrogens (tertiary/aromatic N) is 2. The Bertz CT molecular complexity index is 313. The molecule has 0 heterocycles. The zero-order valence-corrected chi connectivity index (χ0v) is 9.48. The predicted octanol–water partition coefficient (Wildman–Crippen LogP) is 3.21. The maximum absolute atomic E-state index is 8.64. The second-order valence-electron chi connectivity index (χ2n) is 3.69. The SMILES string of the molecule is CCC(C)N(CCC#N)c1ccccc1. The van der Waals surface area contributed by atoms with Crippen LogP contribution in [0.5, 0.6) is 0 Å². The molecule has 0 spiro atoms. The summed E-state index contributed by atoms with van der Waals surface area (Å²) in [5, 5.41) is 8.64. The third kappa shape index (κ3) is 3.28. The molecule has 2 nitrogen and oxygen atoms in total. The van der Waals surface area contributed by atoms with E-state index in [9.17, 15) is 0 Å². The fourth-order valence-corrected chi connectivity index (χ4v) is 1.61. The molecule has 1 atom stereocenters. The van der Waals surface area contributed by atoms with Gasteiger partial charge in [0.25, 0.3) is 0 Å². The van der Waals surface area contributed by atoms with Crippen molar-refractivity contribution in [3.05, 3.63) is 30.3 Å². The van der Waals surface area contributed by atoms with E-state index in [0.717, 1.165) is 13.0 Å².